The van der Waals surface area contributed by atoms with Crippen molar-refractivity contribution < 1.29 is 14.3 Å². The van der Waals surface area contributed by atoms with Gasteiger partial charge < -0.3 is 15.2 Å². The average Bonchev–Trinajstić information content (AvgIpc) is 2.45. The smallest absolute Gasteiger partial charge is 0.332 e. The highest BCUT2D eigenvalue weighted by atomic mass is 16.5. The van der Waals surface area contributed by atoms with E-state index in [-0.39, 0.29) is 12.7 Å². The van der Waals surface area contributed by atoms with Crippen LogP contribution in [0.25, 0.3) is 0 Å². The topological polar surface area (TPSA) is 61.5 Å². The number of rotatable bonds is 7. The third kappa shape index (κ3) is 4.04. The summed E-state index contributed by atoms with van der Waals surface area (Å²) in [5, 5.41) is 0. The molecule has 0 saturated carbocycles. The molecule has 1 aromatic rings. The summed E-state index contributed by atoms with van der Waals surface area (Å²) in [6, 6.07) is 9.18. The number of carbonyl (C=O) groups is 1. The Hall–Kier alpha value is -1.39. The minimum absolute atomic E-state index is 0.0706. The molecule has 19 heavy (non-hydrogen) atoms. The van der Waals surface area contributed by atoms with Crippen LogP contribution in [-0.4, -0.2) is 25.8 Å². The Morgan fingerprint density at radius 1 is 1.37 bits per heavy atom. The van der Waals surface area contributed by atoms with Gasteiger partial charge in [-0.25, -0.2) is 4.79 Å². The molecule has 0 saturated heterocycles. The fraction of sp³-hybridized carbons (Fsp3) is 0.533. The maximum Gasteiger partial charge on any atom is 0.332 e. The van der Waals surface area contributed by atoms with E-state index in [0.717, 1.165) is 12.8 Å². The first-order chi connectivity index (χ1) is 9.04. The number of esters is 1. The van der Waals surface area contributed by atoms with Crippen molar-refractivity contribution in [1.29, 1.82) is 0 Å². The zero-order valence-corrected chi connectivity index (χ0v) is 11.9. The lowest BCUT2D eigenvalue weighted by Crippen LogP contribution is -2.50. The Kier molecular flexibility index (Phi) is 5.99. The van der Waals surface area contributed by atoms with Crippen molar-refractivity contribution in [3.05, 3.63) is 35.9 Å². The highest BCUT2D eigenvalue weighted by Crippen LogP contribution is 2.21. The number of nitrogens with two attached hydrogens (primary N) is 1. The molecule has 2 atom stereocenters. The highest BCUT2D eigenvalue weighted by molar-refractivity contribution is 5.82. The third-order valence-corrected chi connectivity index (χ3v) is 3.13. The molecule has 0 heterocycles. The summed E-state index contributed by atoms with van der Waals surface area (Å²) < 4.78 is 10.5. The van der Waals surface area contributed by atoms with Crippen LogP contribution in [0, 0.1) is 0 Å². The lowest BCUT2D eigenvalue weighted by molar-refractivity contribution is -0.151. The normalized spacial score (nSPS) is 15.6. The Labute approximate surface area is 114 Å². The maximum atomic E-state index is 12.0. The van der Waals surface area contributed by atoms with Gasteiger partial charge in [0.15, 0.2) is 5.54 Å². The molecule has 0 amide bonds. The molecule has 0 aliphatic heterocycles. The largest absolute Gasteiger partial charge is 0.467 e. The minimum atomic E-state index is -1.25. The monoisotopic (exact) mass is 265 g/mol. The fourth-order valence-corrected chi connectivity index (χ4v) is 1.94. The Morgan fingerprint density at radius 3 is 2.53 bits per heavy atom. The molecule has 0 aliphatic carbocycles. The van der Waals surface area contributed by atoms with E-state index in [1.165, 1.54) is 7.11 Å². The van der Waals surface area contributed by atoms with Crippen LogP contribution in [0.2, 0.25) is 0 Å². The molecular formula is C15H23NO3. The average molecular weight is 265 g/mol. The molecule has 0 spiro atoms. The number of ether oxygens (including phenoxy) is 2. The molecule has 0 aromatic heterocycles. The molecule has 0 fully saturated rings. The second kappa shape index (κ2) is 7.26. The van der Waals surface area contributed by atoms with Gasteiger partial charge in [-0.2, -0.15) is 0 Å². The van der Waals surface area contributed by atoms with Crippen molar-refractivity contribution in [2.75, 3.05) is 13.7 Å². The molecule has 0 aliphatic rings. The van der Waals surface area contributed by atoms with Crippen molar-refractivity contribution in [3.63, 3.8) is 0 Å². The van der Waals surface area contributed by atoms with E-state index < -0.39 is 11.5 Å². The zero-order valence-electron chi connectivity index (χ0n) is 11.9. The van der Waals surface area contributed by atoms with Crippen LogP contribution in [0.5, 0.6) is 0 Å². The van der Waals surface area contributed by atoms with Crippen LogP contribution in [0.1, 0.15) is 32.3 Å². The molecule has 106 valence electrons. The molecular weight excluding hydrogens is 242 g/mol. The van der Waals surface area contributed by atoms with Gasteiger partial charge in [-0.3, -0.25) is 0 Å². The van der Waals surface area contributed by atoms with Crippen molar-refractivity contribution in [2.45, 2.75) is 38.3 Å². The van der Waals surface area contributed by atoms with Crippen LogP contribution in [-0.2, 0) is 19.8 Å². The molecule has 2 unspecified atom stereocenters. The molecule has 4 nitrogen and oxygen atoms in total. The second-order valence-electron chi connectivity index (χ2n) is 4.74. The van der Waals surface area contributed by atoms with Crippen LogP contribution >= 0.6 is 0 Å². The van der Waals surface area contributed by atoms with E-state index in [1.807, 2.05) is 37.3 Å². The summed E-state index contributed by atoms with van der Waals surface area (Å²) in [7, 11) is 1.34. The van der Waals surface area contributed by atoms with Crippen molar-refractivity contribution in [3.8, 4) is 0 Å². The van der Waals surface area contributed by atoms with Gasteiger partial charge in [-0.05, 0) is 18.9 Å². The summed E-state index contributed by atoms with van der Waals surface area (Å²) in [6.07, 6.45) is 2.04. The van der Waals surface area contributed by atoms with E-state index in [0.29, 0.717) is 5.56 Å². The van der Waals surface area contributed by atoms with Gasteiger partial charge in [-0.15, -0.1) is 0 Å². The molecule has 4 heteroatoms. The number of hydrogen-bond donors (Lipinski definition) is 1. The summed E-state index contributed by atoms with van der Waals surface area (Å²) >= 11 is 0. The molecule has 0 radical (unpaired) electrons. The van der Waals surface area contributed by atoms with Crippen LogP contribution in [0.3, 0.4) is 0 Å². The van der Waals surface area contributed by atoms with Crippen molar-refractivity contribution in [2.24, 2.45) is 5.73 Å². The van der Waals surface area contributed by atoms with Gasteiger partial charge in [0, 0.05) is 0 Å². The van der Waals surface area contributed by atoms with E-state index in [4.69, 9.17) is 15.2 Å². The predicted octanol–water partition coefficient (Wildman–Crippen LogP) is 2.22. The Bertz CT molecular complexity index is 394. The lowest BCUT2D eigenvalue weighted by Gasteiger charge is -2.28. The number of hydrogen-bond acceptors (Lipinski definition) is 4. The standard InChI is InChI=1S/C15H23NO3/c1-4-8-12(2)19-11-15(16,14(17)18-3)13-9-6-5-7-10-13/h5-7,9-10,12H,4,8,11,16H2,1-3H3. The van der Waals surface area contributed by atoms with Crippen molar-refractivity contribution >= 4 is 5.97 Å². The van der Waals surface area contributed by atoms with Gasteiger partial charge in [0.05, 0.1) is 19.8 Å². The third-order valence-electron chi connectivity index (χ3n) is 3.13. The van der Waals surface area contributed by atoms with E-state index >= 15 is 0 Å². The first-order valence-electron chi connectivity index (χ1n) is 6.59. The van der Waals surface area contributed by atoms with E-state index in [1.54, 1.807) is 0 Å². The Balaban J connectivity index is 2.86. The predicted molar refractivity (Wildman–Crippen MR) is 74.6 cm³/mol. The van der Waals surface area contributed by atoms with Gasteiger partial charge in [0.2, 0.25) is 0 Å². The highest BCUT2D eigenvalue weighted by Gasteiger charge is 2.38. The summed E-state index contributed by atoms with van der Waals surface area (Å²) in [5.41, 5.74) is 5.67. The van der Waals surface area contributed by atoms with E-state index in [2.05, 4.69) is 6.92 Å². The first-order valence-corrected chi connectivity index (χ1v) is 6.59. The first kappa shape index (κ1) is 15.7. The second-order valence-corrected chi connectivity index (χ2v) is 4.74. The number of benzene rings is 1. The van der Waals surface area contributed by atoms with Crippen LogP contribution < -0.4 is 5.73 Å². The fourth-order valence-electron chi connectivity index (χ4n) is 1.94. The maximum absolute atomic E-state index is 12.0. The van der Waals surface area contributed by atoms with Gasteiger partial charge >= 0.3 is 5.97 Å². The molecule has 1 aromatic carbocycles. The SMILES string of the molecule is CCCC(C)OCC(N)(C(=O)OC)c1ccccc1. The number of methoxy groups -OCH3 is 1. The van der Waals surface area contributed by atoms with Gasteiger partial charge in [-0.1, -0.05) is 43.7 Å². The quantitative estimate of drug-likeness (QED) is 0.768. The van der Waals surface area contributed by atoms with Gasteiger partial charge in [0.25, 0.3) is 0 Å². The minimum Gasteiger partial charge on any atom is -0.467 e. The Morgan fingerprint density at radius 2 is 2.00 bits per heavy atom. The molecule has 2 N–H and O–H groups in total. The summed E-state index contributed by atoms with van der Waals surface area (Å²) in [6.45, 7) is 4.18. The van der Waals surface area contributed by atoms with Gasteiger partial charge in [0.1, 0.15) is 0 Å². The van der Waals surface area contributed by atoms with Crippen LogP contribution in [0.4, 0.5) is 0 Å². The zero-order chi connectivity index (χ0) is 14.3. The van der Waals surface area contributed by atoms with Crippen molar-refractivity contribution in [1.82, 2.24) is 0 Å². The molecule has 0 bridgehead atoms. The summed E-state index contributed by atoms with van der Waals surface area (Å²) in [4.78, 5) is 12.0. The van der Waals surface area contributed by atoms with E-state index in [9.17, 15) is 4.79 Å². The number of carbonyl (C=O) groups excluding carboxylic acids is 1. The lowest BCUT2D eigenvalue weighted by atomic mass is 9.92. The summed E-state index contributed by atoms with van der Waals surface area (Å²) in [5.74, 6) is -0.484. The van der Waals surface area contributed by atoms with Crippen LogP contribution in [0.15, 0.2) is 30.3 Å². The molecule has 1 rings (SSSR count).